The van der Waals surface area contributed by atoms with Gasteiger partial charge in [-0.05, 0) is 18.8 Å². The van der Waals surface area contributed by atoms with Gasteiger partial charge in [-0.2, -0.15) is 0 Å². The highest BCUT2D eigenvalue weighted by atomic mass is 16.5. The van der Waals surface area contributed by atoms with E-state index in [9.17, 15) is 0 Å². The second kappa shape index (κ2) is 10.6. The van der Waals surface area contributed by atoms with Crippen LogP contribution >= 0.6 is 0 Å². The monoisotopic (exact) mass is 272 g/mol. The molecule has 0 amide bonds. The van der Waals surface area contributed by atoms with E-state index in [4.69, 9.17) is 9.47 Å². The van der Waals surface area contributed by atoms with Gasteiger partial charge in [-0.3, -0.25) is 4.90 Å². The van der Waals surface area contributed by atoms with Crippen molar-refractivity contribution in [3.05, 3.63) is 0 Å². The lowest BCUT2D eigenvalue weighted by atomic mass is 9.86. The van der Waals surface area contributed by atoms with Crippen molar-refractivity contribution in [2.24, 2.45) is 5.92 Å². The third-order valence-electron chi connectivity index (χ3n) is 4.17. The van der Waals surface area contributed by atoms with Gasteiger partial charge in [-0.25, -0.2) is 0 Å². The van der Waals surface area contributed by atoms with Crippen molar-refractivity contribution in [1.29, 1.82) is 0 Å². The van der Waals surface area contributed by atoms with E-state index < -0.39 is 0 Å². The highest BCUT2D eigenvalue weighted by molar-refractivity contribution is 4.78. The van der Waals surface area contributed by atoms with Gasteiger partial charge in [0.15, 0.2) is 0 Å². The maximum Gasteiger partial charge on any atom is 0.0589 e. The Kier molecular flexibility index (Phi) is 9.43. The van der Waals surface area contributed by atoms with Crippen molar-refractivity contribution >= 4 is 0 Å². The molecule has 1 N–H and O–H groups in total. The molecule has 0 aromatic carbocycles. The molecule has 1 saturated carbocycles. The van der Waals surface area contributed by atoms with E-state index in [0.717, 1.165) is 51.4 Å². The van der Waals surface area contributed by atoms with Crippen molar-refractivity contribution in [2.45, 2.75) is 38.6 Å². The Balaban J connectivity index is 2.18. The zero-order chi connectivity index (χ0) is 13.9. The van der Waals surface area contributed by atoms with Crippen LogP contribution in [0.3, 0.4) is 0 Å². The quantitative estimate of drug-likeness (QED) is 0.657. The van der Waals surface area contributed by atoms with Gasteiger partial charge in [0, 0.05) is 46.4 Å². The molecule has 0 bridgehead atoms. The normalized spacial score (nSPS) is 24.0. The van der Waals surface area contributed by atoms with Gasteiger partial charge in [0.1, 0.15) is 0 Å². The molecule has 1 aliphatic rings. The second-order valence-electron chi connectivity index (χ2n) is 5.65. The molecule has 0 aromatic heterocycles. The van der Waals surface area contributed by atoms with Crippen molar-refractivity contribution in [2.75, 3.05) is 53.6 Å². The third-order valence-corrected chi connectivity index (χ3v) is 4.17. The summed E-state index contributed by atoms with van der Waals surface area (Å²) in [6, 6.07) is 0.723. The largest absolute Gasteiger partial charge is 0.383 e. The van der Waals surface area contributed by atoms with E-state index in [1.165, 1.54) is 25.7 Å². The first kappa shape index (κ1) is 16.9. The van der Waals surface area contributed by atoms with Crippen LogP contribution in [0.4, 0.5) is 0 Å². The minimum Gasteiger partial charge on any atom is -0.383 e. The van der Waals surface area contributed by atoms with Gasteiger partial charge in [0.2, 0.25) is 0 Å². The minimum absolute atomic E-state index is 0.723. The summed E-state index contributed by atoms with van der Waals surface area (Å²) in [6.07, 6.45) is 5.53. The Morgan fingerprint density at radius 3 is 2.21 bits per heavy atom. The topological polar surface area (TPSA) is 33.7 Å². The van der Waals surface area contributed by atoms with Gasteiger partial charge in [0.05, 0.1) is 13.2 Å². The minimum atomic E-state index is 0.723. The molecule has 0 aromatic rings. The van der Waals surface area contributed by atoms with Crippen LogP contribution in [0.15, 0.2) is 0 Å². The second-order valence-corrected chi connectivity index (χ2v) is 5.65. The molecular weight excluding hydrogens is 240 g/mol. The molecule has 4 heteroatoms. The standard InChI is InChI=1S/C15H32N2O2/c1-14-6-4-5-7-15(14)16-8-9-17(10-12-18-2)11-13-19-3/h14-16H,4-13H2,1-3H3. The van der Waals surface area contributed by atoms with Gasteiger partial charge in [-0.1, -0.05) is 19.8 Å². The number of ether oxygens (including phenoxy) is 2. The summed E-state index contributed by atoms with van der Waals surface area (Å²) in [5, 5.41) is 3.73. The van der Waals surface area contributed by atoms with Crippen LogP contribution in [-0.2, 0) is 9.47 Å². The number of nitrogens with zero attached hydrogens (tertiary/aromatic N) is 1. The number of hydrogen-bond donors (Lipinski definition) is 1. The van der Waals surface area contributed by atoms with Crippen LogP contribution in [0.25, 0.3) is 0 Å². The van der Waals surface area contributed by atoms with Gasteiger partial charge >= 0.3 is 0 Å². The first-order valence-electron chi connectivity index (χ1n) is 7.71. The summed E-state index contributed by atoms with van der Waals surface area (Å²) >= 11 is 0. The number of nitrogens with one attached hydrogen (secondary N) is 1. The number of methoxy groups -OCH3 is 2. The van der Waals surface area contributed by atoms with Crippen LogP contribution < -0.4 is 5.32 Å². The van der Waals surface area contributed by atoms with E-state index in [2.05, 4.69) is 17.1 Å². The van der Waals surface area contributed by atoms with Crippen LogP contribution in [0.2, 0.25) is 0 Å². The molecule has 0 heterocycles. The third kappa shape index (κ3) is 7.25. The lowest BCUT2D eigenvalue weighted by Crippen LogP contribution is -2.43. The van der Waals surface area contributed by atoms with Crippen LogP contribution in [0.1, 0.15) is 32.6 Å². The molecule has 0 spiro atoms. The average Bonchev–Trinajstić information content (AvgIpc) is 2.43. The summed E-state index contributed by atoms with van der Waals surface area (Å²) in [4.78, 5) is 2.41. The molecule has 2 atom stereocenters. The lowest BCUT2D eigenvalue weighted by molar-refractivity contribution is 0.113. The van der Waals surface area contributed by atoms with Gasteiger partial charge in [0.25, 0.3) is 0 Å². The van der Waals surface area contributed by atoms with Crippen molar-refractivity contribution in [3.63, 3.8) is 0 Å². The Morgan fingerprint density at radius 1 is 1.00 bits per heavy atom. The van der Waals surface area contributed by atoms with E-state index in [-0.39, 0.29) is 0 Å². The molecular formula is C15H32N2O2. The zero-order valence-electron chi connectivity index (χ0n) is 13.0. The highest BCUT2D eigenvalue weighted by Crippen LogP contribution is 2.23. The number of hydrogen-bond acceptors (Lipinski definition) is 4. The molecule has 0 saturated heterocycles. The van der Waals surface area contributed by atoms with E-state index >= 15 is 0 Å². The predicted molar refractivity (Wildman–Crippen MR) is 79.6 cm³/mol. The number of rotatable bonds is 10. The summed E-state index contributed by atoms with van der Waals surface area (Å²) in [7, 11) is 3.52. The maximum absolute atomic E-state index is 5.16. The predicted octanol–water partition coefficient (Wildman–Crippen LogP) is 1.75. The van der Waals surface area contributed by atoms with Gasteiger partial charge < -0.3 is 14.8 Å². The van der Waals surface area contributed by atoms with E-state index in [1.807, 2.05) is 0 Å². The summed E-state index contributed by atoms with van der Waals surface area (Å²) in [5.41, 5.74) is 0. The Bertz CT molecular complexity index is 206. The molecule has 1 fully saturated rings. The Labute approximate surface area is 118 Å². The van der Waals surface area contributed by atoms with Crippen molar-refractivity contribution < 1.29 is 9.47 Å². The summed E-state index contributed by atoms with van der Waals surface area (Å²) in [6.45, 7) is 8.10. The van der Waals surface area contributed by atoms with E-state index in [1.54, 1.807) is 14.2 Å². The molecule has 1 rings (SSSR count). The molecule has 19 heavy (non-hydrogen) atoms. The molecule has 0 aliphatic heterocycles. The average molecular weight is 272 g/mol. The van der Waals surface area contributed by atoms with Crippen LogP contribution in [-0.4, -0.2) is 64.6 Å². The van der Waals surface area contributed by atoms with Crippen molar-refractivity contribution in [3.8, 4) is 0 Å². The maximum atomic E-state index is 5.16. The van der Waals surface area contributed by atoms with Crippen molar-refractivity contribution in [1.82, 2.24) is 10.2 Å². The van der Waals surface area contributed by atoms with Crippen LogP contribution in [0, 0.1) is 5.92 Å². The summed E-state index contributed by atoms with van der Waals surface area (Å²) in [5.74, 6) is 0.833. The SMILES string of the molecule is COCCN(CCNC1CCCCC1C)CCOC. The van der Waals surface area contributed by atoms with E-state index in [0.29, 0.717) is 0 Å². The fourth-order valence-corrected chi connectivity index (χ4v) is 2.80. The fourth-order valence-electron chi connectivity index (χ4n) is 2.80. The lowest BCUT2D eigenvalue weighted by Gasteiger charge is -2.31. The first-order chi connectivity index (χ1) is 9.27. The van der Waals surface area contributed by atoms with Gasteiger partial charge in [-0.15, -0.1) is 0 Å². The summed E-state index contributed by atoms with van der Waals surface area (Å²) < 4.78 is 10.3. The fraction of sp³-hybridized carbons (Fsp3) is 1.00. The first-order valence-corrected chi connectivity index (χ1v) is 7.71. The Morgan fingerprint density at radius 2 is 1.63 bits per heavy atom. The Hall–Kier alpha value is -0.160. The molecule has 2 unspecified atom stereocenters. The van der Waals surface area contributed by atoms with Crippen LogP contribution in [0.5, 0.6) is 0 Å². The highest BCUT2D eigenvalue weighted by Gasteiger charge is 2.20. The smallest absolute Gasteiger partial charge is 0.0589 e. The molecule has 4 nitrogen and oxygen atoms in total. The molecule has 114 valence electrons. The molecule has 1 aliphatic carbocycles. The molecule has 0 radical (unpaired) electrons. The zero-order valence-corrected chi connectivity index (χ0v) is 13.0.